The van der Waals surface area contributed by atoms with Crippen LogP contribution in [0.5, 0.6) is 5.75 Å². The Labute approximate surface area is 99.9 Å². The fraction of sp³-hybridized carbons (Fsp3) is 0.545. The third-order valence-electron chi connectivity index (χ3n) is 2.86. The van der Waals surface area contributed by atoms with Crippen molar-refractivity contribution in [1.29, 1.82) is 0 Å². The Morgan fingerprint density at radius 3 is 2.94 bits per heavy atom. The van der Waals surface area contributed by atoms with Crippen LogP contribution in [0.4, 0.5) is 0 Å². The molecule has 3 unspecified atom stereocenters. The number of nitrogens with zero attached hydrogens (tertiary/aromatic N) is 1. The largest absolute Gasteiger partial charge is 0.486 e. The zero-order valence-electron chi connectivity index (χ0n) is 9.31. The Kier molecular flexibility index (Phi) is 3.63. The maximum atomic E-state index is 5.83. The summed E-state index contributed by atoms with van der Waals surface area (Å²) in [7, 11) is 3.62. The van der Waals surface area contributed by atoms with E-state index in [0.29, 0.717) is 16.8 Å². The van der Waals surface area contributed by atoms with E-state index in [9.17, 15) is 0 Å². The molecule has 0 radical (unpaired) electrons. The first kappa shape index (κ1) is 11.6. The van der Waals surface area contributed by atoms with Gasteiger partial charge in [0, 0.05) is 31.8 Å². The van der Waals surface area contributed by atoms with Crippen molar-refractivity contribution in [2.45, 2.75) is 24.7 Å². The molecule has 88 valence electrons. The molecular formula is C11H15ClN2O2. The smallest absolute Gasteiger partial charge is 0.139 e. The standard InChI is InChI=1S/C11H15ClN2O2/c1-13-9-4-10(11(9)15-2)16-8-3-7(12)5-14-6-8/h3,5-6,9-11,13H,4H2,1-2H3. The number of halogens is 1. The summed E-state index contributed by atoms with van der Waals surface area (Å²) in [6.45, 7) is 0. The van der Waals surface area contributed by atoms with Crippen molar-refractivity contribution in [3.05, 3.63) is 23.5 Å². The van der Waals surface area contributed by atoms with Crippen LogP contribution in [0.2, 0.25) is 5.02 Å². The fourth-order valence-electron chi connectivity index (χ4n) is 1.93. The van der Waals surface area contributed by atoms with Crippen LogP contribution in [-0.4, -0.2) is 37.4 Å². The van der Waals surface area contributed by atoms with Crippen LogP contribution in [0.1, 0.15) is 6.42 Å². The summed E-state index contributed by atoms with van der Waals surface area (Å²) >= 11 is 5.83. The lowest BCUT2D eigenvalue weighted by Crippen LogP contribution is -2.60. The maximum absolute atomic E-state index is 5.83. The van der Waals surface area contributed by atoms with Gasteiger partial charge in [-0.2, -0.15) is 0 Å². The average molecular weight is 243 g/mol. The summed E-state index contributed by atoms with van der Waals surface area (Å²) in [5.74, 6) is 0.689. The van der Waals surface area contributed by atoms with Crippen LogP contribution in [0.15, 0.2) is 18.5 Å². The van der Waals surface area contributed by atoms with Gasteiger partial charge in [-0.15, -0.1) is 0 Å². The second kappa shape index (κ2) is 4.99. The van der Waals surface area contributed by atoms with E-state index in [4.69, 9.17) is 21.1 Å². The van der Waals surface area contributed by atoms with E-state index < -0.39 is 0 Å². The van der Waals surface area contributed by atoms with Crippen molar-refractivity contribution < 1.29 is 9.47 Å². The maximum Gasteiger partial charge on any atom is 0.139 e. The predicted molar refractivity (Wildman–Crippen MR) is 61.9 cm³/mol. The highest BCUT2D eigenvalue weighted by Crippen LogP contribution is 2.28. The van der Waals surface area contributed by atoms with E-state index in [1.165, 1.54) is 0 Å². The van der Waals surface area contributed by atoms with Crippen LogP contribution < -0.4 is 10.1 Å². The van der Waals surface area contributed by atoms with Crippen molar-refractivity contribution >= 4 is 11.6 Å². The second-order valence-corrected chi connectivity index (χ2v) is 4.26. The first-order chi connectivity index (χ1) is 7.74. The molecule has 1 N–H and O–H groups in total. The highest BCUT2D eigenvalue weighted by atomic mass is 35.5. The van der Waals surface area contributed by atoms with Gasteiger partial charge in [-0.3, -0.25) is 4.98 Å². The molecule has 0 saturated heterocycles. The van der Waals surface area contributed by atoms with Gasteiger partial charge >= 0.3 is 0 Å². The highest BCUT2D eigenvalue weighted by Gasteiger charge is 2.42. The van der Waals surface area contributed by atoms with Crippen molar-refractivity contribution in [1.82, 2.24) is 10.3 Å². The molecule has 0 spiro atoms. The summed E-state index contributed by atoms with van der Waals surface area (Å²) in [4.78, 5) is 3.97. The minimum absolute atomic E-state index is 0.0720. The van der Waals surface area contributed by atoms with Crippen LogP contribution in [0, 0.1) is 0 Å². The van der Waals surface area contributed by atoms with Crippen molar-refractivity contribution in [2.75, 3.05) is 14.2 Å². The summed E-state index contributed by atoms with van der Waals surface area (Å²) < 4.78 is 11.1. The number of pyridine rings is 1. The Morgan fingerprint density at radius 1 is 1.50 bits per heavy atom. The molecule has 1 aliphatic rings. The molecule has 4 nitrogen and oxygen atoms in total. The molecule has 3 atom stereocenters. The molecule has 16 heavy (non-hydrogen) atoms. The number of likely N-dealkylation sites (N-methyl/N-ethyl adjacent to an activating group) is 1. The van der Waals surface area contributed by atoms with Gasteiger partial charge in [-0.1, -0.05) is 11.6 Å². The molecule has 0 amide bonds. The summed E-state index contributed by atoms with van der Waals surface area (Å²) in [6.07, 6.45) is 4.33. The first-order valence-electron chi connectivity index (χ1n) is 5.22. The number of aromatic nitrogens is 1. The Balaban J connectivity index is 1.96. The number of ether oxygens (including phenoxy) is 2. The van der Waals surface area contributed by atoms with E-state index in [0.717, 1.165) is 6.42 Å². The minimum Gasteiger partial charge on any atom is -0.486 e. The molecule has 1 aliphatic carbocycles. The van der Waals surface area contributed by atoms with Gasteiger partial charge in [0.05, 0.1) is 11.2 Å². The molecule has 5 heteroatoms. The number of methoxy groups -OCH3 is 1. The summed E-state index contributed by atoms with van der Waals surface area (Å²) in [5.41, 5.74) is 0. The molecule has 1 heterocycles. The third-order valence-corrected chi connectivity index (χ3v) is 3.07. The highest BCUT2D eigenvalue weighted by molar-refractivity contribution is 6.30. The Morgan fingerprint density at radius 2 is 2.31 bits per heavy atom. The fourth-order valence-corrected chi connectivity index (χ4v) is 2.09. The summed E-state index contributed by atoms with van der Waals surface area (Å²) in [6, 6.07) is 2.12. The Hall–Kier alpha value is -0.840. The monoisotopic (exact) mass is 242 g/mol. The molecule has 0 aromatic carbocycles. The molecule has 2 rings (SSSR count). The van der Waals surface area contributed by atoms with E-state index in [-0.39, 0.29) is 12.2 Å². The minimum atomic E-state index is 0.0720. The first-order valence-corrected chi connectivity index (χ1v) is 5.59. The number of rotatable bonds is 4. The quantitative estimate of drug-likeness (QED) is 0.869. The number of nitrogens with one attached hydrogen (secondary N) is 1. The van der Waals surface area contributed by atoms with Gasteiger partial charge in [0.2, 0.25) is 0 Å². The van der Waals surface area contributed by atoms with Gasteiger partial charge in [0.25, 0.3) is 0 Å². The SMILES string of the molecule is CNC1CC(Oc2cncc(Cl)c2)C1OC. The molecule has 1 aromatic heterocycles. The topological polar surface area (TPSA) is 43.4 Å². The molecule has 0 aliphatic heterocycles. The molecule has 1 saturated carbocycles. The van der Waals surface area contributed by atoms with Gasteiger partial charge in [-0.25, -0.2) is 0 Å². The van der Waals surface area contributed by atoms with Crippen LogP contribution in [0.25, 0.3) is 0 Å². The lowest BCUT2D eigenvalue weighted by Gasteiger charge is -2.42. The molecule has 1 fully saturated rings. The van der Waals surface area contributed by atoms with Crippen LogP contribution in [-0.2, 0) is 4.74 Å². The normalized spacial score (nSPS) is 28.6. The van der Waals surface area contributed by atoms with Crippen molar-refractivity contribution in [3.63, 3.8) is 0 Å². The molecule has 1 aromatic rings. The predicted octanol–water partition coefficient (Wildman–Crippen LogP) is 1.49. The number of hydrogen-bond donors (Lipinski definition) is 1. The third kappa shape index (κ3) is 2.29. The van der Waals surface area contributed by atoms with Crippen molar-refractivity contribution in [2.24, 2.45) is 0 Å². The summed E-state index contributed by atoms with van der Waals surface area (Å²) in [5, 5.41) is 3.76. The zero-order chi connectivity index (χ0) is 11.5. The molecular weight excluding hydrogens is 228 g/mol. The van der Waals surface area contributed by atoms with Crippen molar-refractivity contribution in [3.8, 4) is 5.75 Å². The van der Waals surface area contributed by atoms with Crippen LogP contribution in [0.3, 0.4) is 0 Å². The Bertz CT molecular complexity index is 362. The zero-order valence-corrected chi connectivity index (χ0v) is 10.1. The van der Waals surface area contributed by atoms with Crippen LogP contribution >= 0.6 is 11.6 Å². The van der Waals surface area contributed by atoms with E-state index >= 15 is 0 Å². The van der Waals surface area contributed by atoms with Gasteiger partial charge in [-0.05, 0) is 7.05 Å². The molecule has 0 bridgehead atoms. The lowest BCUT2D eigenvalue weighted by molar-refractivity contribution is -0.0870. The van der Waals surface area contributed by atoms with Gasteiger partial charge < -0.3 is 14.8 Å². The average Bonchev–Trinajstić information content (AvgIpc) is 2.24. The number of hydrogen-bond acceptors (Lipinski definition) is 4. The second-order valence-electron chi connectivity index (χ2n) is 3.83. The van der Waals surface area contributed by atoms with Gasteiger partial charge in [0.1, 0.15) is 18.0 Å². The van der Waals surface area contributed by atoms with E-state index in [1.807, 2.05) is 7.05 Å². The van der Waals surface area contributed by atoms with E-state index in [1.54, 1.807) is 25.6 Å². The lowest BCUT2D eigenvalue weighted by atomic mass is 9.85. The van der Waals surface area contributed by atoms with E-state index in [2.05, 4.69) is 10.3 Å². The van der Waals surface area contributed by atoms with Gasteiger partial charge in [0.15, 0.2) is 0 Å².